The molecule has 1 aromatic heterocycles. The summed E-state index contributed by atoms with van der Waals surface area (Å²) in [6.45, 7) is 11.6. The molecule has 0 saturated carbocycles. The summed E-state index contributed by atoms with van der Waals surface area (Å²) >= 11 is 1.70. The number of nitrogens with one attached hydrogen (secondary N) is 3. The van der Waals surface area contributed by atoms with Crippen LogP contribution in [0.25, 0.3) is 0 Å². The zero-order valence-electron chi connectivity index (χ0n) is 14.8. The molecular weight excluding hydrogens is 310 g/mol. The van der Waals surface area contributed by atoms with Crippen LogP contribution in [0.15, 0.2) is 10.4 Å². The number of carbonyl (C=O) groups is 1. The average molecular weight is 340 g/mol. The van der Waals surface area contributed by atoms with Gasteiger partial charge in [-0.2, -0.15) is 0 Å². The molecule has 0 aliphatic heterocycles. The maximum absolute atomic E-state index is 11.8. The molecule has 1 rings (SSSR count). The number of aliphatic imine (C=N–C) groups is 1. The molecule has 7 heteroatoms. The molecule has 1 heterocycles. The standard InChI is InChI=1S/C16H29N5OS/c1-6-14-20-12(11-23-14)8-9-18-15(17-7-2)19-10-13(22)21-16(3,4)5/h11H,6-10H2,1-5H3,(H,21,22)(H2,17,18,19). The first kappa shape index (κ1) is 19.4. The maximum atomic E-state index is 11.8. The van der Waals surface area contributed by atoms with Gasteiger partial charge in [-0.3, -0.25) is 4.79 Å². The Morgan fingerprint density at radius 1 is 1.30 bits per heavy atom. The Kier molecular flexibility index (Phi) is 8.02. The SMILES string of the molecule is CCNC(=NCC(=O)NC(C)(C)C)NCCc1csc(CC)n1. The second-order valence-electron chi connectivity index (χ2n) is 6.26. The first-order valence-electron chi connectivity index (χ1n) is 8.10. The number of aromatic nitrogens is 1. The van der Waals surface area contributed by atoms with Crippen LogP contribution >= 0.6 is 11.3 Å². The van der Waals surface area contributed by atoms with Gasteiger partial charge >= 0.3 is 0 Å². The Morgan fingerprint density at radius 2 is 2.04 bits per heavy atom. The van der Waals surface area contributed by atoms with Gasteiger partial charge in [-0.1, -0.05) is 6.92 Å². The van der Waals surface area contributed by atoms with Gasteiger partial charge in [0.2, 0.25) is 5.91 Å². The molecular formula is C16H29N5OS. The summed E-state index contributed by atoms with van der Waals surface area (Å²) in [6.07, 6.45) is 1.82. The van der Waals surface area contributed by atoms with Gasteiger partial charge in [-0.15, -0.1) is 11.3 Å². The van der Waals surface area contributed by atoms with Gasteiger partial charge < -0.3 is 16.0 Å². The predicted octanol–water partition coefficient (Wildman–Crippen LogP) is 1.72. The Balaban J connectivity index is 2.44. The predicted molar refractivity (Wildman–Crippen MR) is 97.1 cm³/mol. The Morgan fingerprint density at radius 3 is 2.61 bits per heavy atom. The number of aryl methyl sites for hydroxylation is 1. The van der Waals surface area contributed by atoms with E-state index in [0.29, 0.717) is 5.96 Å². The molecule has 0 radical (unpaired) electrons. The lowest BCUT2D eigenvalue weighted by Crippen LogP contribution is -2.43. The molecule has 0 aromatic carbocycles. The Hall–Kier alpha value is -1.63. The molecule has 0 fully saturated rings. The quantitative estimate of drug-likeness (QED) is 0.522. The third-order valence-electron chi connectivity index (χ3n) is 2.81. The van der Waals surface area contributed by atoms with Crippen molar-refractivity contribution in [2.24, 2.45) is 4.99 Å². The number of thiazole rings is 1. The van der Waals surface area contributed by atoms with Crippen LogP contribution in [0.1, 0.15) is 45.3 Å². The van der Waals surface area contributed by atoms with E-state index in [-0.39, 0.29) is 18.0 Å². The van der Waals surface area contributed by atoms with Crippen LogP contribution in [0.4, 0.5) is 0 Å². The fraction of sp³-hybridized carbons (Fsp3) is 0.688. The minimum absolute atomic E-state index is 0.0817. The van der Waals surface area contributed by atoms with Crippen molar-refractivity contribution in [3.63, 3.8) is 0 Å². The van der Waals surface area contributed by atoms with Crippen molar-refractivity contribution < 1.29 is 4.79 Å². The highest BCUT2D eigenvalue weighted by molar-refractivity contribution is 7.09. The van der Waals surface area contributed by atoms with Crippen molar-refractivity contribution in [3.05, 3.63) is 16.1 Å². The third-order valence-corrected chi connectivity index (χ3v) is 3.86. The molecule has 0 bridgehead atoms. The molecule has 6 nitrogen and oxygen atoms in total. The monoisotopic (exact) mass is 339 g/mol. The van der Waals surface area contributed by atoms with Crippen LogP contribution in [0.3, 0.4) is 0 Å². The van der Waals surface area contributed by atoms with Crippen molar-refractivity contribution >= 4 is 23.2 Å². The summed E-state index contributed by atoms with van der Waals surface area (Å²) in [7, 11) is 0. The number of carbonyl (C=O) groups excluding carboxylic acids is 1. The van der Waals surface area contributed by atoms with Crippen LogP contribution in [-0.4, -0.2) is 42.0 Å². The number of nitrogens with zero attached hydrogens (tertiary/aromatic N) is 2. The van der Waals surface area contributed by atoms with Gasteiger partial charge in [0.15, 0.2) is 5.96 Å². The van der Waals surface area contributed by atoms with Crippen molar-refractivity contribution in [3.8, 4) is 0 Å². The highest BCUT2D eigenvalue weighted by Gasteiger charge is 2.13. The van der Waals surface area contributed by atoms with E-state index < -0.39 is 0 Å². The molecule has 130 valence electrons. The van der Waals surface area contributed by atoms with Gasteiger partial charge in [-0.05, 0) is 34.1 Å². The van der Waals surface area contributed by atoms with Crippen molar-refractivity contribution in [2.45, 2.75) is 53.0 Å². The Bertz CT molecular complexity index is 519. The van der Waals surface area contributed by atoms with E-state index in [1.54, 1.807) is 11.3 Å². The molecule has 0 saturated heterocycles. The number of rotatable bonds is 7. The van der Waals surface area contributed by atoms with Gasteiger partial charge in [0.1, 0.15) is 6.54 Å². The average Bonchev–Trinajstić information content (AvgIpc) is 2.91. The van der Waals surface area contributed by atoms with E-state index in [1.165, 1.54) is 5.01 Å². The van der Waals surface area contributed by atoms with E-state index in [9.17, 15) is 4.79 Å². The molecule has 1 aromatic rings. The summed E-state index contributed by atoms with van der Waals surface area (Å²) in [4.78, 5) is 20.7. The summed E-state index contributed by atoms with van der Waals surface area (Å²) in [5.74, 6) is 0.573. The lowest BCUT2D eigenvalue weighted by Gasteiger charge is -2.20. The summed E-state index contributed by atoms with van der Waals surface area (Å²) < 4.78 is 0. The smallest absolute Gasteiger partial charge is 0.242 e. The number of hydrogen-bond donors (Lipinski definition) is 3. The van der Waals surface area contributed by atoms with E-state index in [2.05, 4.69) is 38.2 Å². The topological polar surface area (TPSA) is 78.4 Å². The van der Waals surface area contributed by atoms with Crippen LogP contribution in [0.5, 0.6) is 0 Å². The van der Waals surface area contributed by atoms with E-state index in [1.807, 2.05) is 27.7 Å². The minimum atomic E-state index is -0.236. The Labute approximate surface area is 143 Å². The van der Waals surface area contributed by atoms with Crippen LogP contribution in [0, 0.1) is 0 Å². The van der Waals surface area contributed by atoms with E-state index in [0.717, 1.165) is 31.6 Å². The van der Waals surface area contributed by atoms with Crippen LogP contribution in [0.2, 0.25) is 0 Å². The van der Waals surface area contributed by atoms with Crippen LogP contribution < -0.4 is 16.0 Å². The number of guanidine groups is 1. The molecule has 0 atom stereocenters. The second-order valence-corrected chi connectivity index (χ2v) is 7.20. The van der Waals surface area contributed by atoms with E-state index in [4.69, 9.17) is 0 Å². The van der Waals surface area contributed by atoms with Crippen molar-refractivity contribution in [1.82, 2.24) is 20.9 Å². The lowest BCUT2D eigenvalue weighted by atomic mass is 10.1. The summed E-state index contributed by atoms with van der Waals surface area (Å²) in [6, 6.07) is 0. The third kappa shape index (κ3) is 8.54. The fourth-order valence-corrected chi connectivity index (χ4v) is 2.66. The lowest BCUT2D eigenvalue weighted by molar-refractivity contribution is -0.121. The van der Waals surface area contributed by atoms with Crippen molar-refractivity contribution in [2.75, 3.05) is 19.6 Å². The maximum Gasteiger partial charge on any atom is 0.242 e. The molecule has 0 spiro atoms. The normalized spacial score (nSPS) is 12.1. The molecule has 0 unspecified atom stereocenters. The zero-order chi connectivity index (χ0) is 17.3. The van der Waals surface area contributed by atoms with Gasteiger partial charge in [-0.25, -0.2) is 9.98 Å². The van der Waals surface area contributed by atoms with E-state index >= 15 is 0 Å². The molecule has 0 aliphatic carbocycles. The second kappa shape index (κ2) is 9.50. The minimum Gasteiger partial charge on any atom is -0.357 e. The molecule has 0 aliphatic rings. The van der Waals surface area contributed by atoms with Crippen LogP contribution in [-0.2, 0) is 17.6 Å². The summed E-state index contributed by atoms with van der Waals surface area (Å²) in [5, 5.41) is 12.5. The highest BCUT2D eigenvalue weighted by atomic mass is 32.1. The fourth-order valence-electron chi connectivity index (χ4n) is 1.89. The van der Waals surface area contributed by atoms with Gasteiger partial charge in [0, 0.05) is 30.4 Å². The van der Waals surface area contributed by atoms with Crippen molar-refractivity contribution in [1.29, 1.82) is 0 Å². The first-order valence-corrected chi connectivity index (χ1v) is 8.98. The highest BCUT2D eigenvalue weighted by Crippen LogP contribution is 2.10. The first-order chi connectivity index (χ1) is 10.8. The summed E-state index contributed by atoms with van der Waals surface area (Å²) in [5.41, 5.74) is 0.862. The number of amides is 1. The van der Waals surface area contributed by atoms with Gasteiger partial charge in [0.05, 0.1) is 10.7 Å². The zero-order valence-corrected chi connectivity index (χ0v) is 15.6. The number of hydrogen-bond acceptors (Lipinski definition) is 4. The van der Waals surface area contributed by atoms with Gasteiger partial charge in [0.25, 0.3) is 0 Å². The molecule has 23 heavy (non-hydrogen) atoms. The molecule has 1 amide bonds. The largest absolute Gasteiger partial charge is 0.357 e. The molecule has 3 N–H and O–H groups in total.